The highest BCUT2D eigenvalue weighted by molar-refractivity contribution is 7.88. The second-order valence-electron chi connectivity index (χ2n) is 9.05. The van der Waals surface area contributed by atoms with E-state index in [-0.39, 0.29) is 18.1 Å². The molecule has 0 fully saturated rings. The molecule has 1 amide bonds. The lowest BCUT2D eigenvalue weighted by Gasteiger charge is -2.36. The Bertz CT molecular complexity index is 1410. The number of carbonyl (C=O) groups excluding carboxylic acids is 1. The number of carbonyl (C=O) groups is 1. The number of sulfonamides is 1. The summed E-state index contributed by atoms with van der Waals surface area (Å²) in [5.41, 5.74) is 3.20. The van der Waals surface area contributed by atoms with Crippen LogP contribution in [0.2, 0.25) is 0 Å². The third kappa shape index (κ3) is 5.22. The number of nitrogens with zero attached hydrogens (tertiary/aromatic N) is 1. The van der Waals surface area contributed by atoms with Crippen LogP contribution in [-0.2, 0) is 27.7 Å². The van der Waals surface area contributed by atoms with Gasteiger partial charge in [-0.2, -0.15) is 4.31 Å². The van der Waals surface area contributed by atoms with Crippen molar-refractivity contribution in [1.82, 2.24) is 9.62 Å². The van der Waals surface area contributed by atoms with Gasteiger partial charge in [-0.25, -0.2) is 12.8 Å². The third-order valence-corrected chi connectivity index (χ3v) is 7.64. The molecule has 1 atom stereocenters. The molecule has 1 unspecified atom stereocenters. The van der Waals surface area contributed by atoms with Crippen molar-refractivity contribution in [2.24, 2.45) is 0 Å². The van der Waals surface area contributed by atoms with Gasteiger partial charge in [0.2, 0.25) is 15.9 Å². The molecule has 7 nitrogen and oxygen atoms in total. The van der Waals surface area contributed by atoms with Crippen molar-refractivity contribution in [3.8, 4) is 17.2 Å². The summed E-state index contributed by atoms with van der Waals surface area (Å²) in [6, 6.07) is 16.7. The summed E-state index contributed by atoms with van der Waals surface area (Å²) in [5.74, 6) is 0.399. The number of halogens is 1. The number of fused-ring (bicyclic) bond motifs is 7. The van der Waals surface area contributed by atoms with E-state index in [1.807, 2.05) is 36.4 Å². The van der Waals surface area contributed by atoms with Gasteiger partial charge in [-0.05, 0) is 71.5 Å². The van der Waals surface area contributed by atoms with E-state index in [4.69, 9.17) is 9.47 Å². The Balaban J connectivity index is 1.59. The lowest BCUT2D eigenvalue weighted by atomic mass is 9.89. The van der Waals surface area contributed by atoms with E-state index in [0.717, 1.165) is 16.7 Å². The number of rotatable bonds is 1. The Morgan fingerprint density at radius 1 is 1.06 bits per heavy atom. The van der Waals surface area contributed by atoms with Crippen LogP contribution in [0.3, 0.4) is 0 Å². The zero-order valence-electron chi connectivity index (χ0n) is 19.9. The SMILES string of the molecule is CS(=O)(=O)N1CCc2cc3ccc2C1c1cccc(c1)OCCCNC(=O)Cc1ccc(F)c(c1)O3. The summed E-state index contributed by atoms with van der Waals surface area (Å²) >= 11 is 0. The van der Waals surface area contributed by atoms with Gasteiger partial charge in [0.1, 0.15) is 11.5 Å². The summed E-state index contributed by atoms with van der Waals surface area (Å²) in [6.07, 6.45) is 2.41. The third-order valence-electron chi connectivity index (χ3n) is 6.40. The average molecular weight is 511 g/mol. The predicted molar refractivity (Wildman–Crippen MR) is 133 cm³/mol. The summed E-state index contributed by atoms with van der Waals surface area (Å²) in [7, 11) is -3.50. The van der Waals surface area contributed by atoms with Gasteiger partial charge in [-0.15, -0.1) is 0 Å². The first-order valence-electron chi connectivity index (χ1n) is 11.8. The van der Waals surface area contributed by atoms with Gasteiger partial charge in [-0.3, -0.25) is 4.79 Å². The van der Waals surface area contributed by atoms with E-state index < -0.39 is 21.9 Å². The molecule has 3 heterocycles. The first-order chi connectivity index (χ1) is 17.3. The highest BCUT2D eigenvalue weighted by Crippen LogP contribution is 2.40. The van der Waals surface area contributed by atoms with Crippen molar-refractivity contribution >= 4 is 15.9 Å². The molecule has 0 saturated heterocycles. The van der Waals surface area contributed by atoms with Crippen LogP contribution in [-0.4, -0.2) is 44.6 Å². The molecule has 0 spiro atoms. The molecule has 3 aliphatic heterocycles. The number of nitrogens with one attached hydrogen (secondary N) is 1. The fourth-order valence-corrected chi connectivity index (χ4v) is 5.76. The molecule has 0 aromatic heterocycles. The van der Waals surface area contributed by atoms with Gasteiger partial charge in [0.15, 0.2) is 11.6 Å². The smallest absolute Gasteiger partial charge is 0.224 e. The summed E-state index contributed by atoms with van der Waals surface area (Å²) in [4.78, 5) is 12.3. The summed E-state index contributed by atoms with van der Waals surface area (Å²) in [6.45, 7) is 1.13. The van der Waals surface area contributed by atoms with Gasteiger partial charge in [0.05, 0.1) is 25.3 Å². The van der Waals surface area contributed by atoms with E-state index >= 15 is 0 Å². The maximum atomic E-state index is 14.5. The highest BCUT2D eigenvalue weighted by Gasteiger charge is 2.34. The molecule has 0 aliphatic carbocycles. The second kappa shape index (κ2) is 9.91. The van der Waals surface area contributed by atoms with Crippen molar-refractivity contribution in [3.05, 3.63) is 88.7 Å². The van der Waals surface area contributed by atoms with Crippen molar-refractivity contribution in [2.45, 2.75) is 25.3 Å². The van der Waals surface area contributed by atoms with E-state index in [1.165, 1.54) is 22.7 Å². The van der Waals surface area contributed by atoms with Crippen molar-refractivity contribution in [2.75, 3.05) is 26.0 Å². The zero-order chi connectivity index (χ0) is 25.3. The zero-order valence-corrected chi connectivity index (χ0v) is 20.7. The molecular formula is C27H27FN2O5S. The molecule has 188 valence electrons. The normalized spacial score (nSPS) is 18.7. The van der Waals surface area contributed by atoms with E-state index in [1.54, 1.807) is 12.1 Å². The number of hydrogen-bond acceptors (Lipinski definition) is 5. The Hall–Kier alpha value is -3.43. The topological polar surface area (TPSA) is 84.9 Å². The molecule has 0 radical (unpaired) electrons. The average Bonchev–Trinajstić information content (AvgIpc) is 2.84. The predicted octanol–water partition coefficient (Wildman–Crippen LogP) is 3.97. The van der Waals surface area contributed by atoms with Crippen LogP contribution < -0.4 is 14.8 Å². The minimum atomic E-state index is -3.50. The van der Waals surface area contributed by atoms with Crippen LogP contribution in [0.1, 0.15) is 34.7 Å². The van der Waals surface area contributed by atoms with Crippen LogP contribution in [0.25, 0.3) is 0 Å². The quantitative estimate of drug-likeness (QED) is 0.536. The molecule has 6 rings (SSSR count). The minimum Gasteiger partial charge on any atom is -0.494 e. The molecule has 3 aromatic carbocycles. The van der Waals surface area contributed by atoms with E-state index in [0.29, 0.717) is 49.6 Å². The van der Waals surface area contributed by atoms with Gasteiger partial charge < -0.3 is 14.8 Å². The Labute approximate surface area is 209 Å². The maximum absolute atomic E-state index is 14.5. The first kappa shape index (κ1) is 24.3. The van der Waals surface area contributed by atoms with E-state index in [9.17, 15) is 17.6 Å². The van der Waals surface area contributed by atoms with Crippen LogP contribution in [0.15, 0.2) is 60.7 Å². The van der Waals surface area contributed by atoms with Gasteiger partial charge in [0, 0.05) is 13.1 Å². The first-order valence-corrected chi connectivity index (χ1v) is 13.7. The number of amides is 1. The second-order valence-corrected chi connectivity index (χ2v) is 11.0. The largest absolute Gasteiger partial charge is 0.494 e. The molecule has 9 heteroatoms. The van der Waals surface area contributed by atoms with Gasteiger partial charge in [0.25, 0.3) is 0 Å². The standard InChI is InChI=1S/C27H27FN2O5S/c1-36(32,33)30-12-10-19-16-22-7-8-23(19)27(30)20-4-2-5-21(17-20)34-13-3-11-29-26(31)15-18-6-9-24(28)25(14-18)35-22/h2,4-9,14,16-17,27H,3,10-13,15H2,1H3,(H,29,31). The van der Waals surface area contributed by atoms with Crippen LogP contribution in [0.5, 0.6) is 17.2 Å². The van der Waals surface area contributed by atoms with Gasteiger partial charge >= 0.3 is 0 Å². The van der Waals surface area contributed by atoms with Crippen LogP contribution in [0, 0.1) is 5.82 Å². The van der Waals surface area contributed by atoms with Crippen LogP contribution in [0.4, 0.5) is 4.39 Å². The molecule has 3 aromatic rings. The number of ether oxygens (including phenoxy) is 2. The fraction of sp³-hybridized carbons (Fsp3) is 0.296. The molecule has 3 aliphatic rings. The van der Waals surface area contributed by atoms with Crippen LogP contribution >= 0.6 is 0 Å². The Morgan fingerprint density at radius 3 is 2.75 bits per heavy atom. The van der Waals surface area contributed by atoms with Crippen molar-refractivity contribution in [3.63, 3.8) is 0 Å². The Morgan fingerprint density at radius 2 is 1.92 bits per heavy atom. The number of hydrogen-bond donors (Lipinski definition) is 1. The lowest BCUT2D eigenvalue weighted by molar-refractivity contribution is -0.120. The molecule has 1 N–H and O–H groups in total. The van der Waals surface area contributed by atoms with Crippen molar-refractivity contribution in [1.29, 1.82) is 0 Å². The monoisotopic (exact) mass is 510 g/mol. The minimum absolute atomic E-state index is 0.0318. The summed E-state index contributed by atoms with van der Waals surface area (Å²) in [5, 5.41) is 2.85. The van der Waals surface area contributed by atoms with E-state index in [2.05, 4.69) is 5.32 Å². The molecule has 0 saturated carbocycles. The highest BCUT2D eigenvalue weighted by atomic mass is 32.2. The van der Waals surface area contributed by atoms with Crippen molar-refractivity contribution < 1.29 is 27.1 Å². The van der Waals surface area contributed by atoms with Gasteiger partial charge in [-0.1, -0.05) is 24.3 Å². The molecule has 8 bridgehead atoms. The lowest BCUT2D eigenvalue weighted by Crippen LogP contribution is -2.39. The molecule has 36 heavy (non-hydrogen) atoms. The Kier molecular flexibility index (Phi) is 6.68. The molecular weight excluding hydrogens is 483 g/mol. The maximum Gasteiger partial charge on any atom is 0.224 e. The summed E-state index contributed by atoms with van der Waals surface area (Å²) < 4.78 is 53.3. The number of benzene rings is 3. The fourth-order valence-electron chi connectivity index (χ4n) is 4.72.